The molecule has 0 spiro atoms. The van der Waals surface area contributed by atoms with E-state index < -0.39 is 0 Å². The van der Waals surface area contributed by atoms with Gasteiger partial charge in [0.05, 0.1) is 18.7 Å². The Balaban J connectivity index is 1.92. The SMILES string of the molecule is CC1(NC2=NCCN2)CCOC1. The summed E-state index contributed by atoms with van der Waals surface area (Å²) in [6.45, 7) is 5.66. The van der Waals surface area contributed by atoms with Crippen molar-refractivity contribution in [1.29, 1.82) is 0 Å². The van der Waals surface area contributed by atoms with Crippen molar-refractivity contribution < 1.29 is 4.74 Å². The van der Waals surface area contributed by atoms with Gasteiger partial charge in [0.1, 0.15) is 0 Å². The third-order valence-corrected chi connectivity index (χ3v) is 2.31. The van der Waals surface area contributed by atoms with E-state index in [-0.39, 0.29) is 5.54 Å². The molecule has 1 fully saturated rings. The highest BCUT2D eigenvalue weighted by atomic mass is 16.5. The van der Waals surface area contributed by atoms with E-state index in [0.29, 0.717) is 0 Å². The second kappa shape index (κ2) is 2.94. The summed E-state index contributed by atoms with van der Waals surface area (Å²) in [5, 5.41) is 6.56. The topological polar surface area (TPSA) is 45.7 Å². The molecule has 1 saturated heterocycles. The minimum absolute atomic E-state index is 0.0934. The fourth-order valence-electron chi connectivity index (χ4n) is 1.53. The van der Waals surface area contributed by atoms with Crippen LogP contribution in [0.2, 0.25) is 0 Å². The highest BCUT2D eigenvalue weighted by Gasteiger charge is 2.30. The molecule has 4 heteroatoms. The van der Waals surface area contributed by atoms with Crippen LogP contribution in [0.5, 0.6) is 0 Å². The maximum atomic E-state index is 5.33. The smallest absolute Gasteiger partial charge is 0.191 e. The predicted molar refractivity (Wildman–Crippen MR) is 47.3 cm³/mol. The normalized spacial score (nSPS) is 34.6. The van der Waals surface area contributed by atoms with Crippen molar-refractivity contribution in [3.05, 3.63) is 0 Å². The van der Waals surface area contributed by atoms with E-state index in [1.54, 1.807) is 0 Å². The number of aliphatic imine (C=N–C) groups is 1. The lowest BCUT2D eigenvalue weighted by Crippen LogP contribution is -2.50. The third kappa shape index (κ3) is 1.53. The maximum Gasteiger partial charge on any atom is 0.191 e. The molecule has 1 atom stereocenters. The Bertz CT molecular complexity index is 196. The number of ether oxygens (including phenoxy) is 1. The van der Waals surface area contributed by atoms with Crippen LogP contribution >= 0.6 is 0 Å². The molecule has 0 amide bonds. The molecule has 0 aliphatic carbocycles. The van der Waals surface area contributed by atoms with Gasteiger partial charge < -0.3 is 15.4 Å². The molecular weight excluding hydrogens is 154 g/mol. The first kappa shape index (κ1) is 7.86. The zero-order chi connectivity index (χ0) is 8.44. The molecule has 2 rings (SSSR count). The van der Waals surface area contributed by atoms with E-state index in [1.165, 1.54) is 0 Å². The number of hydrogen-bond acceptors (Lipinski definition) is 4. The molecule has 1 unspecified atom stereocenters. The fourth-order valence-corrected chi connectivity index (χ4v) is 1.53. The average molecular weight is 169 g/mol. The minimum atomic E-state index is 0.0934. The van der Waals surface area contributed by atoms with E-state index in [1.807, 2.05) is 0 Å². The van der Waals surface area contributed by atoms with Crippen molar-refractivity contribution in [2.24, 2.45) is 4.99 Å². The van der Waals surface area contributed by atoms with E-state index in [2.05, 4.69) is 22.5 Å². The molecule has 12 heavy (non-hydrogen) atoms. The van der Waals surface area contributed by atoms with Crippen molar-refractivity contribution in [1.82, 2.24) is 10.6 Å². The number of nitrogens with one attached hydrogen (secondary N) is 2. The first-order chi connectivity index (χ1) is 5.79. The standard InChI is InChI=1S/C8H15N3O/c1-8(2-5-12-6-8)11-7-9-3-4-10-7/h2-6H2,1H3,(H2,9,10,11). The van der Waals surface area contributed by atoms with Gasteiger partial charge in [0.15, 0.2) is 5.96 Å². The number of guanidine groups is 1. The van der Waals surface area contributed by atoms with Gasteiger partial charge in [0.25, 0.3) is 0 Å². The van der Waals surface area contributed by atoms with Crippen LogP contribution in [-0.4, -0.2) is 37.8 Å². The van der Waals surface area contributed by atoms with Crippen LogP contribution in [0.25, 0.3) is 0 Å². The van der Waals surface area contributed by atoms with Gasteiger partial charge in [-0.2, -0.15) is 0 Å². The zero-order valence-corrected chi connectivity index (χ0v) is 7.39. The second-order valence-electron chi connectivity index (χ2n) is 3.65. The maximum absolute atomic E-state index is 5.33. The highest BCUT2D eigenvalue weighted by Crippen LogP contribution is 2.17. The molecule has 0 aromatic rings. The predicted octanol–water partition coefficient (Wildman–Crippen LogP) is -0.286. The Morgan fingerprint density at radius 1 is 1.67 bits per heavy atom. The van der Waals surface area contributed by atoms with Gasteiger partial charge >= 0.3 is 0 Å². The van der Waals surface area contributed by atoms with Gasteiger partial charge in [0, 0.05) is 13.2 Å². The summed E-state index contributed by atoms with van der Waals surface area (Å²) in [4.78, 5) is 4.28. The molecule has 0 aromatic carbocycles. The lowest BCUT2D eigenvalue weighted by molar-refractivity contribution is 0.177. The first-order valence-corrected chi connectivity index (χ1v) is 4.43. The van der Waals surface area contributed by atoms with Crippen LogP contribution < -0.4 is 10.6 Å². The van der Waals surface area contributed by atoms with E-state index >= 15 is 0 Å². The Kier molecular flexibility index (Phi) is 1.92. The summed E-state index contributed by atoms with van der Waals surface area (Å²) in [5.74, 6) is 0.933. The Morgan fingerprint density at radius 2 is 2.58 bits per heavy atom. The molecule has 0 radical (unpaired) electrons. The summed E-state index contributed by atoms with van der Waals surface area (Å²) < 4.78 is 5.33. The average Bonchev–Trinajstić information content (AvgIpc) is 2.62. The number of nitrogens with zero attached hydrogens (tertiary/aromatic N) is 1. The van der Waals surface area contributed by atoms with Crippen LogP contribution in [0.3, 0.4) is 0 Å². The molecular formula is C8H15N3O. The van der Waals surface area contributed by atoms with Crippen LogP contribution in [0.15, 0.2) is 4.99 Å². The summed E-state index contributed by atoms with van der Waals surface area (Å²) >= 11 is 0. The molecule has 2 aliphatic heterocycles. The van der Waals surface area contributed by atoms with Crippen molar-refractivity contribution in [2.45, 2.75) is 18.9 Å². The van der Waals surface area contributed by atoms with Gasteiger partial charge in [0.2, 0.25) is 0 Å². The molecule has 0 bridgehead atoms. The van der Waals surface area contributed by atoms with Crippen molar-refractivity contribution in [3.8, 4) is 0 Å². The Hall–Kier alpha value is -0.770. The van der Waals surface area contributed by atoms with Crippen LogP contribution in [-0.2, 0) is 4.74 Å². The Morgan fingerprint density at radius 3 is 3.17 bits per heavy atom. The lowest BCUT2D eigenvalue weighted by atomic mass is 10.0. The van der Waals surface area contributed by atoms with Gasteiger partial charge in [-0.3, -0.25) is 4.99 Å². The fraction of sp³-hybridized carbons (Fsp3) is 0.875. The van der Waals surface area contributed by atoms with Crippen LogP contribution in [0.1, 0.15) is 13.3 Å². The van der Waals surface area contributed by atoms with E-state index in [9.17, 15) is 0 Å². The van der Waals surface area contributed by atoms with Gasteiger partial charge in [-0.25, -0.2) is 0 Å². The van der Waals surface area contributed by atoms with E-state index in [0.717, 1.165) is 38.7 Å². The summed E-state index contributed by atoms with van der Waals surface area (Å²) in [5.41, 5.74) is 0.0934. The quantitative estimate of drug-likeness (QED) is 0.567. The molecule has 0 saturated carbocycles. The minimum Gasteiger partial charge on any atom is -0.379 e. The number of rotatable bonds is 1. The number of hydrogen-bond donors (Lipinski definition) is 2. The molecule has 2 aliphatic rings. The van der Waals surface area contributed by atoms with Crippen molar-refractivity contribution in [2.75, 3.05) is 26.3 Å². The van der Waals surface area contributed by atoms with Crippen LogP contribution in [0.4, 0.5) is 0 Å². The van der Waals surface area contributed by atoms with Crippen molar-refractivity contribution >= 4 is 5.96 Å². The third-order valence-electron chi connectivity index (χ3n) is 2.31. The zero-order valence-electron chi connectivity index (χ0n) is 7.39. The molecule has 2 heterocycles. The molecule has 0 aromatic heterocycles. The van der Waals surface area contributed by atoms with Gasteiger partial charge in [-0.15, -0.1) is 0 Å². The largest absolute Gasteiger partial charge is 0.379 e. The van der Waals surface area contributed by atoms with Gasteiger partial charge in [-0.05, 0) is 13.3 Å². The summed E-state index contributed by atoms with van der Waals surface area (Å²) in [7, 11) is 0. The van der Waals surface area contributed by atoms with Gasteiger partial charge in [-0.1, -0.05) is 0 Å². The summed E-state index contributed by atoms with van der Waals surface area (Å²) in [6, 6.07) is 0. The van der Waals surface area contributed by atoms with E-state index in [4.69, 9.17) is 4.74 Å². The summed E-state index contributed by atoms with van der Waals surface area (Å²) in [6.07, 6.45) is 1.06. The first-order valence-electron chi connectivity index (χ1n) is 4.43. The Labute approximate surface area is 72.4 Å². The van der Waals surface area contributed by atoms with Crippen LogP contribution in [0, 0.1) is 0 Å². The monoisotopic (exact) mass is 169 g/mol. The lowest BCUT2D eigenvalue weighted by Gasteiger charge is -2.24. The molecule has 68 valence electrons. The molecule has 2 N–H and O–H groups in total. The highest BCUT2D eigenvalue weighted by molar-refractivity contribution is 5.81. The molecule has 4 nitrogen and oxygen atoms in total. The second-order valence-corrected chi connectivity index (χ2v) is 3.65. The van der Waals surface area contributed by atoms with Crippen molar-refractivity contribution in [3.63, 3.8) is 0 Å².